The lowest BCUT2D eigenvalue weighted by Gasteiger charge is -1.96. The molecular weight excluding hydrogens is 154 g/mol. The van der Waals surface area contributed by atoms with Crippen LogP contribution >= 0.6 is 0 Å². The van der Waals surface area contributed by atoms with E-state index in [4.69, 9.17) is 5.73 Å². The maximum Gasteiger partial charge on any atom is 0.218 e. The Balaban J connectivity index is 2.42. The summed E-state index contributed by atoms with van der Waals surface area (Å²) in [6.45, 7) is 3.80. The molecule has 0 bridgehead atoms. The summed E-state index contributed by atoms with van der Waals surface area (Å²) in [6, 6.07) is 0. The second-order valence-electron chi connectivity index (χ2n) is 2.69. The molecule has 0 aliphatic rings. The summed E-state index contributed by atoms with van der Waals surface area (Å²) < 4.78 is 1.57. The first-order valence-corrected chi connectivity index (χ1v) is 4.10. The van der Waals surface area contributed by atoms with E-state index in [-0.39, 0.29) is 0 Å². The van der Waals surface area contributed by atoms with E-state index in [2.05, 4.69) is 22.3 Å². The van der Waals surface area contributed by atoms with Gasteiger partial charge in [0.1, 0.15) is 0 Å². The lowest BCUT2D eigenvalue weighted by molar-refractivity contribution is 0.640. The van der Waals surface area contributed by atoms with Crippen LogP contribution < -0.4 is 11.1 Å². The fourth-order valence-corrected chi connectivity index (χ4v) is 0.903. The Bertz CT molecular complexity index is 222. The summed E-state index contributed by atoms with van der Waals surface area (Å²) in [6.07, 6.45) is 1.11. The second kappa shape index (κ2) is 4.06. The van der Waals surface area contributed by atoms with Crippen LogP contribution in [-0.4, -0.2) is 21.3 Å². The highest BCUT2D eigenvalue weighted by molar-refractivity contribution is 5.14. The number of aryl methyl sites for hydroxylation is 1. The Kier molecular flexibility index (Phi) is 3.04. The fourth-order valence-electron chi connectivity index (χ4n) is 0.903. The highest BCUT2D eigenvalue weighted by Gasteiger charge is 2.01. The van der Waals surface area contributed by atoms with Gasteiger partial charge in [0, 0.05) is 7.05 Å². The van der Waals surface area contributed by atoms with Gasteiger partial charge in [-0.3, -0.25) is 0 Å². The van der Waals surface area contributed by atoms with Crippen LogP contribution in [0.5, 0.6) is 0 Å². The smallest absolute Gasteiger partial charge is 0.218 e. The molecule has 0 fully saturated rings. The van der Waals surface area contributed by atoms with E-state index in [0.29, 0.717) is 12.5 Å². The first-order chi connectivity index (χ1) is 5.74. The number of anilines is 1. The van der Waals surface area contributed by atoms with Crippen molar-refractivity contribution in [2.45, 2.75) is 19.9 Å². The molecule has 0 radical (unpaired) electrons. The number of nitrogens with one attached hydrogen (secondary N) is 1. The Labute approximate surface area is 72.0 Å². The Morgan fingerprint density at radius 2 is 2.33 bits per heavy atom. The number of hydrogen-bond donors (Lipinski definition) is 2. The van der Waals surface area contributed by atoms with Crippen molar-refractivity contribution in [2.24, 2.45) is 7.05 Å². The normalized spacial score (nSPS) is 10.5. The molecule has 1 aromatic heterocycles. The van der Waals surface area contributed by atoms with Crippen LogP contribution in [-0.2, 0) is 13.6 Å². The molecule has 3 N–H and O–H groups in total. The molecule has 0 atom stereocenters. The van der Waals surface area contributed by atoms with E-state index >= 15 is 0 Å². The van der Waals surface area contributed by atoms with E-state index in [1.165, 1.54) is 0 Å². The van der Waals surface area contributed by atoms with Gasteiger partial charge in [0.05, 0.1) is 6.54 Å². The Hall–Kier alpha value is -1.10. The lowest BCUT2D eigenvalue weighted by atomic mass is 10.5. The molecule has 0 spiro atoms. The van der Waals surface area contributed by atoms with Gasteiger partial charge in [0.25, 0.3) is 0 Å². The second-order valence-corrected chi connectivity index (χ2v) is 2.69. The van der Waals surface area contributed by atoms with Crippen LogP contribution in [0.3, 0.4) is 0 Å². The zero-order valence-corrected chi connectivity index (χ0v) is 7.54. The molecule has 68 valence electrons. The molecule has 0 unspecified atom stereocenters. The largest absolute Gasteiger partial charge is 0.368 e. The molecule has 1 rings (SSSR count). The van der Waals surface area contributed by atoms with Gasteiger partial charge in [-0.2, -0.15) is 10.1 Å². The minimum atomic E-state index is 0.461. The average Bonchev–Trinajstić information content (AvgIpc) is 2.32. The van der Waals surface area contributed by atoms with E-state index in [0.717, 1.165) is 18.8 Å². The van der Waals surface area contributed by atoms with Crippen molar-refractivity contribution in [3.8, 4) is 0 Å². The third-order valence-corrected chi connectivity index (χ3v) is 1.55. The minimum Gasteiger partial charge on any atom is -0.368 e. The molecule has 0 amide bonds. The molecular formula is C7H15N5. The maximum absolute atomic E-state index is 5.51. The maximum atomic E-state index is 5.51. The first kappa shape index (κ1) is 8.99. The van der Waals surface area contributed by atoms with Crippen LogP contribution in [0.15, 0.2) is 0 Å². The van der Waals surface area contributed by atoms with Crippen LogP contribution in [0.1, 0.15) is 19.2 Å². The summed E-state index contributed by atoms with van der Waals surface area (Å²) in [4.78, 5) is 4.05. The van der Waals surface area contributed by atoms with Crippen LogP contribution in [0, 0.1) is 0 Å². The van der Waals surface area contributed by atoms with Crippen molar-refractivity contribution in [1.29, 1.82) is 0 Å². The van der Waals surface area contributed by atoms with Crippen molar-refractivity contribution < 1.29 is 0 Å². The lowest BCUT2D eigenvalue weighted by Crippen LogP contribution is -2.14. The summed E-state index contributed by atoms with van der Waals surface area (Å²) >= 11 is 0. The van der Waals surface area contributed by atoms with E-state index < -0.39 is 0 Å². The number of nitrogens with zero attached hydrogens (tertiary/aromatic N) is 3. The van der Waals surface area contributed by atoms with Crippen molar-refractivity contribution in [3.63, 3.8) is 0 Å². The fraction of sp³-hybridized carbons (Fsp3) is 0.714. The van der Waals surface area contributed by atoms with E-state index in [1.807, 2.05) is 0 Å². The van der Waals surface area contributed by atoms with E-state index in [9.17, 15) is 0 Å². The Morgan fingerprint density at radius 3 is 2.83 bits per heavy atom. The third-order valence-electron chi connectivity index (χ3n) is 1.55. The first-order valence-electron chi connectivity index (χ1n) is 4.10. The standard InChI is InChI=1S/C7H15N5/c1-3-4-9-5-6-10-7(8)12(2)11-6/h9H,3-5H2,1-2H3,(H2,8,10,11). The van der Waals surface area contributed by atoms with Crippen molar-refractivity contribution in [2.75, 3.05) is 12.3 Å². The van der Waals surface area contributed by atoms with Crippen molar-refractivity contribution in [3.05, 3.63) is 5.82 Å². The number of aromatic nitrogens is 3. The zero-order chi connectivity index (χ0) is 8.97. The number of hydrogen-bond acceptors (Lipinski definition) is 4. The number of nitrogen functional groups attached to an aromatic ring is 1. The molecule has 1 heterocycles. The van der Waals surface area contributed by atoms with Crippen molar-refractivity contribution >= 4 is 5.95 Å². The summed E-state index contributed by atoms with van der Waals surface area (Å²) in [5.74, 6) is 1.21. The Morgan fingerprint density at radius 1 is 1.58 bits per heavy atom. The number of rotatable bonds is 4. The molecule has 0 saturated heterocycles. The van der Waals surface area contributed by atoms with Gasteiger partial charge in [-0.1, -0.05) is 6.92 Å². The molecule has 0 aromatic carbocycles. The SMILES string of the molecule is CCCNCc1nc(N)n(C)n1. The topological polar surface area (TPSA) is 68.8 Å². The van der Waals surface area contributed by atoms with Gasteiger partial charge in [-0.15, -0.1) is 0 Å². The van der Waals surface area contributed by atoms with Crippen LogP contribution in [0.25, 0.3) is 0 Å². The van der Waals surface area contributed by atoms with E-state index in [1.54, 1.807) is 11.7 Å². The van der Waals surface area contributed by atoms with Crippen LogP contribution in [0.4, 0.5) is 5.95 Å². The average molecular weight is 169 g/mol. The highest BCUT2D eigenvalue weighted by Crippen LogP contribution is 1.96. The molecule has 0 aliphatic carbocycles. The summed E-state index contributed by atoms with van der Waals surface area (Å²) in [5, 5.41) is 7.30. The molecule has 5 heteroatoms. The van der Waals surface area contributed by atoms with Gasteiger partial charge in [0.15, 0.2) is 5.82 Å². The molecule has 0 saturated carbocycles. The monoisotopic (exact) mass is 169 g/mol. The number of nitrogens with two attached hydrogens (primary N) is 1. The third kappa shape index (κ3) is 2.20. The molecule has 1 aromatic rings. The van der Waals surface area contributed by atoms with Gasteiger partial charge in [-0.25, -0.2) is 4.68 Å². The molecule has 12 heavy (non-hydrogen) atoms. The highest BCUT2D eigenvalue weighted by atomic mass is 15.4. The van der Waals surface area contributed by atoms with Gasteiger partial charge >= 0.3 is 0 Å². The van der Waals surface area contributed by atoms with Gasteiger partial charge in [0.2, 0.25) is 5.95 Å². The molecule has 5 nitrogen and oxygen atoms in total. The van der Waals surface area contributed by atoms with Gasteiger partial charge < -0.3 is 11.1 Å². The summed E-state index contributed by atoms with van der Waals surface area (Å²) in [5.41, 5.74) is 5.51. The van der Waals surface area contributed by atoms with Crippen LogP contribution in [0.2, 0.25) is 0 Å². The van der Waals surface area contributed by atoms with Crippen molar-refractivity contribution in [1.82, 2.24) is 20.1 Å². The minimum absolute atomic E-state index is 0.461. The quantitative estimate of drug-likeness (QED) is 0.617. The predicted octanol–water partition coefficient (Wildman–Crippen LogP) is -0.103. The predicted molar refractivity (Wildman–Crippen MR) is 47.4 cm³/mol. The molecule has 0 aliphatic heterocycles. The zero-order valence-electron chi connectivity index (χ0n) is 7.54. The van der Waals surface area contributed by atoms with Gasteiger partial charge in [-0.05, 0) is 13.0 Å². The summed E-state index contributed by atoms with van der Waals surface area (Å²) in [7, 11) is 1.78.